The molecule has 0 radical (unpaired) electrons. The van der Waals surface area contributed by atoms with E-state index in [0.29, 0.717) is 11.7 Å². The Morgan fingerprint density at radius 2 is 2.15 bits per heavy atom. The minimum Gasteiger partial charge on any atom is -0.496 e. The fraction of sp³-hybridized carbons (Fsp3) is 0.429. The van der Waals surface area contributed by atoms with Crippen molar-refractivity contribution in [1.29, 1.82) is 0 Å². The molecule has 1 aromatic carbocycles. The first kappa shape index (κ1) is 14.5. The number of hydrogen-bond acceptors (Lipinski definition) is 6. The maximum atomic E-state index is 5.49. The number of benzene rings is 1. The Kier molecular flexibility index (Phi) is 4.70. The molecule has 0 saturated heterocycles. The van der Waals surface area contributed by atoms with Crippen molar-refractivity contribution in [3.05, 3.63) is 29.7 Å². The van der Waals surface area contributed by atoms with E-state index in [4.69, 9.17) is 15.0 Å². The van der Waals surface area contributed by atoms with Crippen LogP contribution in [0.5, 0.6) is 5.75 Å². The zero-order valence-corrected chi connectivity index (χ0v) is 12.1. The van der Waals surface area contributed by atoms with Crippen LogP contribution in [0.3, 0.4) is 0 Å². The van der Waals surface area contributed by atoms with Gasteiger partial charge in [0.2, 0.25) is 11.7 Å². The molecule has 0 aliphatic rings. The molecule has 2 rings (SSSR count). The fourth-order valence-electron chi connectivity index (χ4n) is 1.89. The van der Waals surface area contributed by atoms with Gasteiger partial charge in [0.15, 0.2) is 0 Å². The van der Waals surface area contributed by atoms with Crippen LogP contribution >= 0.6 is 0 Å². The Bertz CT molecular complexity index is 566. The van der Waals surface area contributed by atoms with Crippen LogP contribution in [0.1, 0.15) is 11.5 Å². The van der Waals surface area contributed by atoms with Gasteiger partial charge in [0.1, 0.15) is 5.75 Å². The summed E-state index contributed by atoms with van der Waals surface area (Å²) >= 11 is 0. The van der Waals surface area contributed by atoms with Gasteiger partial charge in [-0.3, -0.25) is 0 Å². The van der Waals surface area contributed by atoms with Crippen molar-refractivity contribution in [1.82, 2.24) is 15.0 Å². The van der Waals surface area contributed by atoms with E-state index in [2.05, 4.69) is 35.2 Å². The average molecular weight is 276 g/mol. The van der Waals surface area contributed by atoms with Gasteiger partial charge >= 0.3 is 0 Å². The third kappa shape index (κ3) is 3.34. The first-order valence-electron chi connectivity index (χ1n) is 6.48. The SMILES string of the molecule is COc1ccc(CCN(C)C)cc1-c1noc(CN)n1. The van der Waals surface area contributed by atoms with E-state index >= 15 is 0 Å². The molecule has 1 aromatic heterocycles. The highest BCUT2D eigenvalue weighted by molar-refractivity contribution is 5.64. The van der Waals surface area contributed by atoms with Gasteiger partial charge in [-0.1, -0.05) is 11.2 Å². The second-order valence-electron chi connectivity index (χ2n) is 4.80. The molecule has 0 fully saturated rings. The van der Waals surface area contributed by atoms with Crippen molar-refractivity contribution < 1.29 is 9.26 Å². The van der Waals surface area contributed by atoms with Crippen LogP contribution in [0.4, 0.5) is 0 Å². The summed E-state index contributed by atoms with van der Waals surface area (Å²) in [5.41, 5.74) is 7.52. The number of methoxy groups -OCH3 is 1. The molecule has 6 heteroatoms. The number of ether oxygens (including phenoxy) is 1. The van der Waals surface area contributed by atoms with Gasteiger partial charge in [0, 0.05) is 6.54 Å². The predicted molar refractivity (Wildman–Crippen MR) is 76.4 cm³/mol. The molecule has 0 saturated carbocycles. The second kappa shape index (κ2) is 6.49. The Morgan fingerprint density at radius 1 is 1.35 bits per heavy atom. The van der Waals surface area contributed by atoms with Crippen molar-refractivity contribution in [2.24, 2.45) is 5.73 Å². The zero-order chi connectivity index (χ0) is 14.5. The van der Waals surface area contributed by atoms with Crippen molar-refractivity contribution >= 4 is 0 Å². The Hall–Kier alpha value is -1.92. The summed E-state index contributed by atoms with van der Waals surface area (Å²) in [6.45, 7) is 1.21. The van der Waals surface area contributed by atoms with Gasteiger partial charge in [-0.2, -0.15) is 4.98 Å². The van der Waals surface area contributed by atoms with Crippen LogP contribution in [-0.4, -0.2) is 42.8 Å². The quantitative estimate of drug-likeness (QED) is 0.857. The Labute approximate surface area is 118 Å². The fourth-order valence-corrected chi connectivity index (χ4v) is 1.89. The third-order valence-electron chi connectivity index (χ3n) is 3.00. The smallest absolute Gasteiger partial charge is 0.240 e. The molecule has 2 N–H and O–H groups in total. The van der Waals surface area contributed by atoms with Crippen molar-refractivity contribution in [3.63, 3.8) is 0 Å². The lowest BCUT2D eigenvalue weighted by molar-refractivity contribution is 0.379. The Balaban J connectivity index is 2.31. The number of rotatable bonds is 6. The Morgan fingerprint density at radius 3 is 2.75 bits per heavy atom. The van der Waals surface area contributed by atoms with Crippen LogP contribution < -0.4 is 10.5 Å². The van der Waals surface area contributed by atoms with Crippen LogP contribution in [0, 0.1) is 0 Å². The molecule has 108 valence electrons. The van der Waals surface area contributed by atoms with Crippen molar-refractivity contribution in [2.75, 3.05) is 27.7 Å². The number of nitrogens with zero attached hydrogens (tertiary/aromatic N) is 3. The average Bonchev–Trinajstić information content (AvgIpc) is 2.93. The zero-order valence-electron chi connectivity index (χ0n) is 12.1. The van der Waals surface area contributed by atoms with Gasteiger partial charge in [-0.25, -0.2) is 0 Å². The van der Waals surface area contributed by atoms with E-state index in [1.807, 2.05) is 12.1 Å². The molecule has 0 atom stereocenters. The molecular formula is C14H20N4O2. The number of nitrogens with two attached hydrogens (primary N) is 1. The van der Waals surface area contributed by atoms with Gasteiger partial charge in [0.05, 0.1) is 19.2 Å². The lowest BCUT2D eigenvalue weighted by Gasteiger charge is -2.11. The highest BCUT2D eigenvalue weighted by Gasteiger charge is 2.13. The molecule has 0 bridgehead atoms. The van der Waals surface area contributed by atoms with E-state index in [1.54, 1.807) is 7.11 Å². The number of likely N-dealkylation sites (N-methyl/N-ethyl adjacent to an activating group) is 1. The summed E-state index contributed by atoms with van der Waals surface area (Å²) in [5.74, 6) is 1.65. The summed E-state index contributed by atoms with van der Waals surface area (Å²) < 4.78 is 10.4. The molecule has 20 heavy (non-hydrogen) atoms. The minimum atomic E-state index is 0.232. The molecule has 0 aliphatic carbocycles. The summed E-state index contributed by atoms with van der Waals surface area (Å²) in [5, 5.41) is 3.95. The molecule has 0 spiro atoms. The van der Waals surface area contributed by atoms with Crippen molar-refractivity contribution in [3.8, 4) is 17.1 Å². The highest BCUT2D eigenvalue weighted by atomic mass is 16.5. The van der Waals surface area contributed by atoms with E-state index in [1.165, 1.54) is 5.56 Å². The number of hydrogen-bond donors (Lipinski definition) is 1. The van der Waals surface area contributed by atoms with E-state index in [-0.39, 0.29) is 6.54 Å². The van der Waals surface area contributed by atoms with Crippen molar-refractivity contribution in [2.45, 2.75) is 13.0 Å². The van der Waals surface area contributed by atoms with Crippen LogP contribution in [0.25, 0.3) is 11.4 Å². The lowest BCUT2D eigenvalue weighted by atomic mass is 10.1. The summed E-state index contributed by atoms with van der Waals surface area (Å²) in [4.78, 5) is 6.39. The van der Waals surface area contributed by atoms with Gasteiger partial charge in [-0.15, -0.1) is 0 Å². The summed E-state index contributed by atoms with van der Waals surface area (Å²) in [6, 6.07) is 6.02. The lowest BCUT2D eigenvalue weighted by Crippen LogP contribution is -2.15. The summed E-state index contributed by atoms with van der Waals surface area (Å²) in [6.07, 6.45) is 0.950. The van der Waals surface area contributed by atoms with E-state index in [0.717, 1.165) is 24.3 Å². The summed E-state index contributed by atoms with van der Waals surface area (Å²) in [7, 11) is 5.73. The maximum Gasteiger partial charge on any atom is 0.240 e. The predicted octanol–water partition coefficient (Wildman–Crippen LogP) is 1.31. The third-order valence-corrected chi connectivity index (χ3v) is 3.00. The topological polar surface area (TPSA) is 77.4 Å². The first-order valence-corrected chi connectivity index (χ1v) is 6.48. The second-order valence-corrected chi connectivity index (χ2v) is 4.80. The first-order chi connectivity index (χ1) is 9.63. The standard InChI is InChI=1S/C14H20N4O2/c1-18(2)7-6-10-4-5-12(19-3)11(8-10)14-16-13(9-15)20-17-14/h4-5,8H,6-7,9,15H2,1-3H3. The molecule has 2 aromatic rings. The van der Waals surface area contributed by atoms with Gasteiger partial charge < -0.3 is 19.9 Å². The minimum absolute atomic E-state index is 0.232. The molecule has 6 nitrogen and oxygen atoms in total. The maximum absolute atomic E-state index is 5.49. The van der Waals surface area contributed by atoms with Gasteiger partial charge in [-0.05, 0) is 38.2 Å². The van der Waals surface area contributed by atoms with E-state index in [9.17, 15) is 0 Å². The van der Waals surface area contributed by atoms with E-state index < -0.39 is 0 Å². The molecule has 0 unspecified atom stereocenters. The monoisotopic (exact) mass is 276 g/mol. The molecule has 1 heterocycles. The molecule has 0 aliphatic heterocycles. The van der Waals surface area contributed by atoms with Crippen LogP contribution in [-0.2, 0) is 13.0 Å². The van der Waals surface area contributed by atoms with Gasteiger partial charge in [0.25, 0.3) is 0 Å². The molecular weight excluding hydrogens is 256 g/mol. The highest BCUT2D eigenvalue weighted by Crippen LogP contribution is 2.29. The van der Waals surface area contributed by atoms with Crippen LogP contribution in [0.15, 0.2) is 22.7 Å². The molecule has 0 amide bonds. The van der Waals surface area contributed by atoms with Crippen LogP contribution in [0.2, 0.25) is 0 Å². The normalized spacial score (nSPS) is 11.1. The largest absolute Gasteiger partial charge is 0.496 e. The number of aromatic nitrogens is 2.